The smallest absolute Gasteiger partial charge is 0.331 e. The Balaban J connectivity index is 2.77. The largest absolute Gasteiger partial charge is 0.478 e. The van der Waals surface area contributed by atoms with Gasteiger partial charge in [-0.3, -0.25) is 0 Å². The van der Waals surface area contributed by atoms with Crippen molar-refractivity contribution in [3.63, 3.8) is 0 Å². The van der Waals surface area contributed by atoms with Crippen LogP contribution < -0.4 is 0 Å². The van der Waals surface area contributed by atoms with Gasteiger partial charge in [0.2, 0.25) is 0 Å². The molecule has 0 aromatic rings. The molecule has 2 nitrogen and oxygen atoms in total. The van der Waals surface area contributed by atoms with Gasteiger partial charge in [0.25, 0.3) is 0 Å². The van der Waals surface area contributed by atoms with E-state index in [0.717, 1.165) is 5.57 Å². The zero-order valence-corrected chi connectivity index (χ0v) is 7.05. The Labute approximate surface area is 66.9 Å². The molecule has 0 saturated heterocycles. The Kier molecular flexibility index (Phi) is 2.32. The molecule has 0 aliphatic heterocycles. The van der Waals surface area contributed by atoms with Gasteiger partial charge in [-0.05, 0) is 32.1 Å². The molecule has 62 valence electrons. The summed E-state index contributed by atoms with van der Waals surface area (Å²) in [6.07, 6.45) is 3.02. The van der Waals surface area contributed by atoms with Crippen molar-refractivity contribution in [3.05, 3.63) is 11.1 Å². The molecule has 0 heterocycles. The van der Waals surface area contributed by atoms with Gasteiger partial charge in [-0.25, -0.2) is 4.79 Å². The molecule has 0 aromatic heterocycles. The SMILES string of the molecule is CC/C(C(=O)O)=C(\C)C1CC1. The summed E-state index contributed by atoms with van der Waals surface area (Å²) in [5.74, 6) is -0.155. The van der Waals surface area contributed by atoms with E-state index in [1.807, 2.05) is 13.8 Å². The summed E-state index contributed by atoms with van der Waals surface area (Å²) >= 11 is 0. The second-order valence-electron chi connectivity index (χ2n) is 3.09. The lowest BCUT2D eigenvalue weighted by Crippen LogP contribution is -2.03. The highest BCUT2D eigenvalue weighted by Gasteiger charge is 2.26. The fraction of sp³-hybridized carbons (Fsp3) is 0.667. The van der Waals surface area contributed by atoms with Gasteiger partial charge in [0.05, 0.1) is 0 Å². The van der Waals surface area contributed by atoms with Crippen molar-refractivity contribution in [3.8, 4) is 0 Å². The number of carboxylic acids is 1. The standard InChI is InChI=1S/C9H14O2/c1-3-8(9(10)11)6(2)7-4-5-7/h7H,3-5H2,1-2H3,(H,10,11)/b8-6-. The number of hydrogen-bond donors (Lipinski definition) is 1. The molecule has 2 heteroatoms. The number of carboxylic acid groups (broad SMARTS) is 1. The van der Waals surface area contributed by atoms with Crippen LogP contribution in [-0.2, 0) is 4.79 Å². The highest BCUT2D eigenvalue weighted by Crippen LogP contribution is 2.38. The molecule has 0 unspecified atom stereocenters. The maximum atomic E-state index is 10.6. The first-order valence-corrected chi connectivity index (χ1v) is 4.09. The van der Waals surface area contributed by atoms with Crippen LogP contribution in [0.2, 0.25) is 0 Å². The van der Waals surface area contributed by atoms with Gasteiger partial charge < -0.3 is 5.11 Å². The number of hydrogen-bond acceptors (Lipinski definition) is 1. The summed E-state index contributed by atoms with van der Waals surface area (Å²) in [6, 6.07) is 0. The lowest BCUT2D eigenvalue weighted by atomic mass is 10.0. The van der Waals surface area contributed by atoms with E-state index in [4.69, 9.17) is 5.11 Å². The van der Waals surface area contributed by atoms with E-state index in [1.54, 1.807) is 0 Å². The van der Waals surface area contributed by atoms with Crippen LogP contribution in [-0.4, -0.2) is 11.1 Å². The molecule has 0 radical (unpaired) electrons. The highest BCUT2D eigenvalue weighted by molar-refractivity contribution is 5.87. The average molecular weight is 154 g/mol. The minimum atomic E-state index is -0.739. The Hall–Kier alpha value is -0.790. The fourth-order valence-corrected chi connectivity index (χ4v) is 1.36. The molecular weight excluding hydrogens is 140 g/mol. The first-order chi connectivity index (χ1) is 5.16. The molecule has 11 heavy (non-hydrogen) atoms. The van der Waals surface area contributed by atoms with E-state index in [-0.39, 0.29) is 0 Å². The highest BCUT2D eigenvalue weighted by atomic mass is 16.4. The zero-order chi connectivity index (χ0) is 8.43. The van der Waals surface area contributed by atoms with E-state index in [2.05, 4.69) is 0 Å². The average Bonchev–Trinajstić information content (AvgIpc) is 2.68. The quantitative estimate of drug-likeness (QED) is 0.633. The summed E-state index contributed by atoms with van der Waals surface area (Å²) in [5, 5.41) is 8.76. The van der Waals surface area contributed by atoms with Crippen molar-refractivity contribution in [2.45, 2.75) is 33.1 Å². The summed E-state index contributed by atoms with van der Waals surface area (Å²) in [4.78, 5) is 10.6. The Morgan fingerprint density at radius 2 is 2.09 bits per heavy atom. The zero-order valence-electron chi connectivity index (χ0n) is 7.05. The van der Waals surface area contributed by atoms with Crippen LogP contribution in [0.15, 0.2) is 11.1 Å². The lowest BCUT2D eigenvalue weighted by Gasteiger charge is -2.03. The lowest BCUT2D eigenvalue weighted by molar-refractivity contribution is -0.132. The van der Waals surface area contributed by atoms with E-state index in [1.165, 1.54) is 12.8 Å². The molecule has 1 rings (SSSR count). The summed E-state index contributed by atoms with van der Waals surface area (Å²) in [7, 11) is 0. The van der Waals surface area contributed by atoms with Crippen molar-refractivity contribution in [2.24, 2.45) is 5.92 Å². The van der Waals surface area contributed by atoms with Crippen LogP contribution in [0.4, 0.5) is 0 Å². The second kappa shape index (κ2) is 3.07. The maximum absolute atomic E-state index is 10.6. The fourth-order valence-electron chi connectivity index (χ4n) is 1.36. The van der Waals surface area contributed by atoms with Crippen LogP contribution >= 0.6 is 0 Å². The molecule has 0 atom stereocenters. The topological polar surface area (TPSA) is 37.3 Å². The summed E-state index contributed by atoms with van der Waals surface area (Å²) < 4.78 is 0. The van der Waals surface area contributed by atoms with Gasteiger partial charge in [0, 0.05) is 5.57 Å². The van der Waals surface area contributed by atoms with E-state index >= 15 is 0 Å². The van der Waals surface area contributed by atoms with E-state index in [0.29, 0.717) is 17.9 Å². The monoisotopic (exact) mass is 154 g/mol. The number of allylic oxidation sites excluding steroid dienone is 1. The van der Waals surface area contributed by atoms with Gasteiger partial charge in [0.15, 0.2) is 0 Å². The summed E-state index contributed by atoms with van der Waals surface area (Å²) in [6.45, 7) is 3.85. The van der Waals surface area contributed by atoms with Crippen LogP contribution in [0, 0.1) is 5.92 Å². The molecular formula is C9H14O2. The number of aliphatic carboxylic acids is 1. The van der Waals surface area contributed by atoms with Crippen molar-refractivity contribution in [1.82, 2.24) is 0 Å². The molecule has 1 fully saturated rings. The Morgan fingerprint density at radius 1 is 1.55 bits per heavy atom. The van der Waals surface area contributed by atoms with Gasteiger partial charge in [-0.1, -0.05) is 12.5 Å². The van der Waals surface area contributed by atoms with E-state index < -0.39 is 5.97 Å². The molecule has 1 N–H and O–H groups in total. The van der Waals surface area contributed by atoms with Crippen molar-refractivity contribution in [1.29, 1.82) is 0 Å². The third-order valence-electron chi connectivity index (χ3n) is 2.28. The second-order valence-corrected chi connectivity index (χ2v) is 3.09. The van der Waals surface area contributed by atoms with Crippen LogP contribution in [0.25, 0.3) is 0 Å². The first-order valence-electron chi connectivity index (χ1n) is 4.09. The summed E-state index contributed by atoms with van der Waals surface area (Å²) in [5.41, 5.74) is 1.72. The normalized spacial score (nSPS) is 19.5. The van der Waals surface area contributed by atoms with Gasteiger partial charge in [0.1, 0.15) is 0 Å². The van der Waals surface area contributed by atoms with Gasteiger partial charge in [-0.15, -0.1) is 0 Å². The van der Waals surface area contributed by atoms with Crippen molar-refractivity contribution in [2.75, 3.05) is 0 Å². The van der Waals surface area contributed by atoms with Crippen LogP contribution in [0.5, 0.6) is 0 Å². The minimum absolute atomic E-state index is 0.584. The predicted molar refractivity (Wildman–Crippen MR) is 43.4 cm³/mol. The molecule has 0 bridgehead atoms. The molecule has 1 saturated carbocycles. The third-order valence-corrected chi connectivity index (χ3v) is 2.28. The third kappa shape index (κ3) is 1.82. The number of carbonyl (C=O) groups is 1. The Bertz CT molecular complexity index is 200. The maximum Gasteiger partial charge on any atom is 0.331 e. The van der Waals surface area contributed by atoms with Crippen molar-refractivity contribution < 1.29 is 9.90 Å². The molecule has 1 aliphatic rings. The van der Waals surface area contributed by atoms with Crippen molar-refractivity contribution >= 4 is 5.97 Å². The van der Waals surface area contributed by atoms with Crippen LogP contribution in [0.3, 0.4) is 0 Å². The minimum Gasteiger partial charge on any atom is -0.478 e. The molecule has 0 spiro atoms. The molecule has 1 aliphatic carbocycles. The van der Waals surface area contributed by atoms with Gasteiger partial charge >= 0.3 is 5.97 Å². The molecule has 0 aromatic carbocycles. The first kappa shape index (κ1) is 8.31. The number of rotatable bonds is 3. The van der Waals surface area contributed by atoms with Crippen LogP contribution in [0.1, 0.15) is 33.1 Å². The predicted octanol–water partition coefficient (Wildman–Crippen LogP) is 2.21. The van der Waals surface area contributed by atoms with Gasteiger partial charge in [-0.2, -0.15) is 0 Å². The Morgan fingerprint density at radius 3 is 2.36 bits per heavy atom. The van der Waals surface area contributed by atoms with E-state index in [9.17, 15) is 4.79 Å². The molecule has 0 amide bonds.